The minimum Gasteiger partial charge on any atom is -0.477 e. The Hall–Kier alpha value is -3.61. The van der Waals surface area contributed by atoms with E-state index < -0.39 is 0 Å². The first-order valence-electron chi connectivity index (χ1n) is 10.9. The molecule has 4 rings (SSSR count). The maximum absolute atomic E-state index is 12.8. The summed E-state index contributed by atoms with van der Waals surface area (Å²) < 4.78 is 11.2. The molecule has 1 heterocycles. The molecule has 0 saturated heterocycles. The molecule has 2 aromatic carbocycles. The summed E-state index contributed by atoms with van der Waals surface area (Å²) >= 11 is 0. The fourth-order valence-corrected chi connectivity index (χ4v) is 4.02. The van der Waals surface area contributed by atoms with Gasteiger partial charge in [0.05, 0.1) is 13.2 Å². The Bertz CT molecular complexity index is 953. The van der Waals surface area contributed by atoms with Crippen LogP contribution >= 0.6 is 0 Å². The van der Waals surface area contributed by atoms with Crippen molar-refractivity contribution in [1.29, 1.82) is 0 Å². The Morgan fingerprint density at radius 3 is 2.00 bits per heavy atom. The van der Waals surface area contributed by atoms with Gasteiger partial charge in [-0.05, 0) is 36.8 Å². The summed E-state index contributed by atoms with van der Waals surface area (Å²) in [5.74, 6) is 0.803. The Labute approximate surface area is 188 Å². The second-order valence-corrected chi connectivity index (χ2v) is 7.83. The standard InChI is InChI=1S/C25H28N4O3/c1-31-23-24(27-17-16-26-23)32-21-14-12-20(13-15-21)28-25(30)29-22(18-8-4-2-5-9-18)19-10-6-3-7-11-19/h2-11,16-17,20-22H,12-15H2,1H3,(H2,28,29,30). The molecule has 0 aliphatic heterocycles. The second kappa shape index (κ2) is 10.6. The van der Waals surface area contributed by atoms with Crippen molar-refractivity contribution in [1.82, 2.24) is 20.6 Å². The molecule has 0 bridgehead atoms. The van der Waals surface area contributed by atoms with Crippen molar-refractivity contribution in [3.63, 3.8) is 0 Å². The number of amides is 2. The average molecular weight is 433 g/mol. The highest BCUT2D eigenvalue weighted by molar-refractivity contribution is 5.75. The molecule has 1 aliphatic carbocycles. The van der Waals surface area contributed by atoms with Gasteiger partial charge in [-0.15, -0.1) is 0 Å². The third kappa shape index (κ3) is 5.55. The van der Waals surface area contributed by atoms with E-state index in [0.29, 0.717) is 11.8 Å². The molecule has 0 atom stereocenters. The zero-order valence-corrected chi connectivity index (χ0v) is 18.1. The van der Waals surface area contributed by atoms with Crippen LogP contribution < -0.4 is 20.1 Å². The molecule has 1 aliphatic rings. The molecule has 7 heteroatoms. The molecule has 3 aromatic rings. The van der Waals surface area contributed by atoms with Crippen LogP contribution in [0.25, 0.3) is 0 Å². The maximum atomic E-state index is 12.8. The number of rotatable bonds is 7. The summed E-state index contributed by atoms with van der Waals surface area (Å²) in [6.07, 6.45) is 6.51. The van der Waals surface area contributed by atoms with E-state index in [1.807, 2.05) is 60.7 Å². The minimum atomic E-state index is -0.207. The van der Waals surface area contributed by atoms with Crippen LogP contribution in [0.15, 0.2) is 73.1 Å². The van der Waals surface area contributed by atoms with Crippen molar-refractivity contribution in [2.24, 2.45) is 0 Å². The number of aromatic nitrogens is 2. The molecule has 1 fully saturated rings. The Kier molecular flexibility index (Phi) is 7.17. The number of benzene rings is 2. The lowest BCUT2D eigenvalue weighted by Crippen LogP contribution is -2.45. The van der Waals surface area contributed by atoms with Crippen LogP contribution in [-0.4, -0.2) is 35.3 Å². The van der Waals surface area contributed by atoms with Crippen molar-refractivity contribution < 1.29 is 14.3 Å². The first-order valence-corrected chi connectivity index (χ1v) is 10.9. The van der Waals surface area contributed by atoms with Crippen LogP contribution in [0.5, 0.6) is 11.8 Å². The van der Waals surface area contributed by atoms with Gasteiger partial charge in [-0.3, -0.25) is 0 Å². The topological polar surface area (TPSA) is 85.4 Å². The van der Waals surface area contributed by atoms with Gasteiger partial charge in [0.15, 0.2) is 0 Å². The quantitative estimate of drug-likeness (QED) is 0.583. The SMILES string of the molecule is COc1nccnc1OC1CCC(NC(=O)NC(c2ccccc2)c2ccccc2)CC1. The van der Waals surface area contributed by atoms with E-state index in [1.54, 1.807) is 19.5 Å². The number of urea groups is 1. The van der Waals surface area contributed by atoms with E-state index in [9.17, 15) is 4.79 Å². The molecule has 1 aromatic heterocycles. The summed E-state index contributed by atoms with van der Waals surface area (Å²) in [5, 5.41) is 6.28. The second-order valence-electron chi connectivity index (χ2n) is 7.83. The monoisotopic (exact) mass is 432 g/mol. The first-order chi connectivity index (χ1) is 15.7. The van der Waals surface area contributed by atoms with Gasteiger partial charge in [0.1, 0.15) is 6.10 Å². The molecule has 2 N–H and O–H groups in total. The number of methoxy groups -OCH3 is 1. The number of nitrogens with zero attached hydrogens (tertiary/aromatic N) is 2. The lowest BCUT2D eigenvalue weighted by Gasteiger charge is -2.30. The predicted octanol–water partition coefficient (Wildman–Crippen LogP) is 4.26. The molecule has 0 radical (unpaired) electrons. The Balaban J connectivity index is 1.32. The van der Waals surface area contributed by atoms with Crippen LogP contribution in [0.4, 0.5) is 4.79 Å². The zero-order valence-electron chi connectivity index (χ0n) is 18.1. The van der Waals surface area contributed by atoms with Crippen molar-refractivity contribution in [3.05, 3.63) is 84.2 Å². The molecular formula is C25H28N4O3. The van der Waals surface area contributed by atoms with Crippen LogP contribution in [0.3, 0.4) is 0 Å². The molecule has 0 spiro atoms. The van der Waals surface area contributed by atoms with Gasteiger partial charge >= 0.3 is 6.03 Å². The smallest absolute Gasteiger partial charge is 0.315 e. The molecule has 0 unspecified atom stereocenters. The van der Waals surface area contributed by atoms with E-state index in [2.05, 4.69) is 20.6 Å². The number of hydrogen-bond donors (Lipinski definition) is 2. The van der Waals surface area contributed by atoms with Gasteiger partial charge in [-0.2, -0.15) is 0 Å². The zero-order chi connectivity index (χ0) is 22.2. The summed E-state index contributed by atoms with van der Waals surface area (Å²) in [7, 11) is 1.55. The summed E-state index contributed by atoms with van der Waals surface area (Å²) in [6.45, 7) is 0. The number of hydrogen-bond acceptors (Lipinski definition) is 5. The van der Waals surface area contributed by atoms with Gasteiger partial charge in [0.25, 0.3) is 11.8 Å². The third-order valence-corrected chi connectivity index (χ3v) is 5.66. The summed E-state index contributed by atoms with van der Waals surface area (Å²) in [4.78, 5) is 21.2. The van der Waals surface area contributed by atoms with Gasteiger partial charge < -0.3 is 20.1 Å². The van der Waals surface area contributed by atoms with Gasteiger partial charge in [0, 0.05) is 18.4 Å². The van der Waals surface area contributed by atoms with Crippen LogP contribution in [0.2, 0.25) is 0 Å². The lowest BCUT2D eigenvalue weighted by molar-refractivity contribution is 0.129. The van der Waals surface area contributed by atoms with Gasteiger partial charge in [-0.25, -0.2) is 14.8 Å². The highest BCUT2D eigenvalue weighted by atomic mass is 16.5. The van der Waals surface area contributed by atoms with Gasteiger partial charge in [0.2, 0.25) is 0 Å². The fourth-order valence-electron chi connectivity index (χ4n) is 4.02. The first kappa shape index (κ1) is 21.6. The Morgan fingerprint density at radius 2 is 1.44 bits per heavy atom. The van der Waals surface area contributed by atoms with Crippen molar-refractivity contribution in [2.45, 2.75) is 43.9 Å². The van der Waals surface area contributed by atoms with Crippen molar-refractivity contribution >= 4 is 6.03 Å². The minimum absolute atomic E-state index is 0.0306. The van der Waals surface area contributed by atoms with Crippen molar-refractivity contribution in [3.8, 4) is 11.8 Å². The summed E-state index contributed by atoms with van der Waals surface area (Å²) in [5.41, 5.74) is 2.09. The van der Waals surface area contributed by atoms with E-state index in [0.717, 1.165) is 36.8 Å². The molecule has 32 heavy (non-hydrogen) atoms. The normalized spacial score (nSPS) is 18.1. The average Bonchev–Trinajstić information content (AvgIpc) is 2.85. The number of nitrogens with one attached hydrogen (secondary N) is 2. The van der Waals surface area contributed by atoms with Crippen molar-refractivity contribution in [2.75, 3.05) is 7.11 Å². The van der Waals surface area contributed by atoms with E-state index in [1.165, 1.54) is 0 Å². The van der Waals surface area contributed by atoms with E-state index in [-0.39, 0.29) is 24.2 Å². The molecule has 1 saturated carbocycles. The highest BCUT2D eigenvalue weighted by Gasteiger charge is 2.26. The maximum Gasteiger partial charge on any atom is 0.315 e. The molecule has 166 valence electrons. The Morgan fingerprint density at radius 1 is 0.875 bits per heavy atom. The number of carbonyl (C=O) groups is 1. The number of ether oxygens (including phenoxy) is 2. The number of carbonyl (C=O) groups excluding carboxylic acids is 1. The van der Waals surface area contributed by atoms with E-state index >= 15 is 0 Å². The summed E-state index contributed by atoms with van der Waals surface area (Å²) in [6, 6.07) is 19.7. The van der Waals surface area contributed by atoms with Gasteiger partial charge in [-0.1, -0.05) is 60.7 Å². The molecule has 2 amide bonds. The van der Waals surface area contributed by atoms with Crippen LogP contribution in [0.1, 0.15) is 42.9 Å². The van der Waals surface area contributed by atoms with E-state index in [4.69, 9.17) is 9.47 Å². The largest absolute Gasteiger partial charge is 0.477 e. The predicted molar refractivity (Wildman–Crippen MR) is 122 cm³/mol. The third-order valence-electron chi connectivity index (χ3n) is 5.66. The fraction of sp³-hybridized carbons (Fsp3) is 0.320. The molecular weight excluding hydrogens is 404 g/mol. The lowest BCUT2D eigenvalue weighted by atomic mass is 9.93. The van der Waals surface area contributed by atoms with Crippen LogP contribution in [0, 0.1) is 0 Å². The molecule has 7 nitrogen and oxygen atoms in total. The highest BCUT2D eigenvalue weighted by Crippen LogP contribution is 2.27. The van der Waals surface area contributed by atoms with Crippen LogP contribution in [-0.2, 0) is 0 Å².